The van der Waals surface area contributed by atoms with Crippen molar-refractivity contribution in [3.05, 3.63) is 76.1 Å². The zero-order valence-electron chi connectivity index (χ0n) is 31.2. The van der Waals surface area contributed by atoms with E-state index in [0.29, 0.717) is 0 Å². The van der Waals surface area contributed by atoms with Crippen molar-refractivity contribution in [1.82, 2.24) is 4.98 Å². The highest BCUT2D eigenvalue weighted by Gasteiger charge is 2.08. The predicted octanol–water partition coefficient (Wildman–Crippen LogP) is 4.66. The van der Waals surface area contributed by atoms with Gasteiger partial charge in [0.1, 0.15) is 0 Å². The third kappa shape index (κ3) is 6.69. The summed E-state index contributed by atoms with van der Waals surface area (Å²) in [6.07, 6.45) is -16.3. The van der Waals surface area contributed by atoms with Gasteiger partial charge in [-0.3, -0.25) is 4.79 Å². The van der Waals surface area contributed by atoms with Gasteiger partial charge in [-0.05, 0) is 49.3 Å². The Kier molecular flexibility index (Phi) is 3.01. The summed E-state index contributed by atoms with van der Waals surface area (Å²) < 4.78 is 132. The van der Waals surface area contributed by atoms with Gasteiger partial charge < -0.3 is 16.2 Å². The van der Waals surface area contributed by atoms with E-state index in [1.54, 1.807) is 0 Å². The van der Waals surface area contributed by atoms with Crippen LogP contribution in [0.2, 0.25) is 0 Å². The van der Waals surface area contributed by atoms with Gasteiger partial charge in [0.05, 0.1) is 31.9 Å². The second-order valence-electron chi connectivity index (χ2n) is 5.58. The zero-order valence-corrected chi connectivity index (χ0v) is 16.0. The van der Waals surface area contributed by atoms with Gasteiger partial charge in [-0.15, -0.1) is 11.3 Å². The SMILES string of the molecule is [2H]c1sc(N)nc1CC(=O)Nc1c([2H])c([2H])c(C([2H])([2H])C([2H])([2H])CC([2H])([2H])[C@]([2H])(O)c2c([2H])c([2H])c([2H])c(C)c2[2H])c([2H])c1[2H]. The maximum atomic E-state index is 12.6. The first kappa shape index (κ1) is 8.58. The van der Waals surface area contributed by atoms with Crippen molar-refractivity contribution in [1.29, 1.82) is 0 Å². The molecule has 0 spiro atoms. The fraction of sp³-hybridized carbons (Fsp3) is 0.304. The van der Waals surface area contributed by atoms with Crippen molar-refractivity contribution in [2.75, 3.05) is 11.1 Å². The highest BCUT2D eigenvalue weighted by atomic mass is 32.1. The van der Waals surface area contributed by atoms with Gasteiger partial charge in [0, 0.05) is 19.3 Å². The number of rotatable bonds is 9. The molecular formula is C23H27N3O2S. The van der Waals surface area contributed by atoms with Crippen LogP contribution in [-0.4, -0.2) is 16.0 Å². The molecule has 1 atom stereocenters. The van der Waals surface area contributed by atoms with Crippen LogP contribution in [0.25, 0.3) is 0 Å². The zero-order chi connectivity index (χ0) is 34.8. The minimum atomic E-state index is -3.62. The molecule has 0 aliphatic heterocycles. The molecule has 0 aliphatic carbocycles. The largest absolute Gasteiger partial charge is 0.388 e. The smallest absolute Gasteiger partial charge is 0.230 e. The van der Waals surface area contributed by atoms with E-state index in [0.717, 1.165) is 11.3 Å². The van der Waals surface area contributed by atoms with E-state index in [9.17, 15) is 9.90 Å². The summed E-state index contributed by atoms with van der Waals surface area (Å²) in [6, 6.07) is -7.45. The summed E-state index contributed by atoms with van der Waals surface area (Å²) in [5.74, 6) is -0.907. The Morgan fingerprint density at radius 2 is 2.17 bits per heavy atom. The maximum absolute atomic E-state index is 12.6. The molecule has 0 saturated carbocycles. The Hall–Kier alpha value is -2.70. The number of nitrogens with zero attached hydrogens (tertiary/aromatic N) is 1. The first-order chi connectivity index (χ1) is 20.3. The fourth-order valence-electron chi connectivity index (χ4n) is 2.04. The summed E-state index contributed by atoms with van der Waals surface area (Å²) in [5, 5.41) is 13.0. The monoisotopic (exact) mass is 425 g/mol. The first-order valence-corrected chi connectivity index (χ1v) is 9.05. The number of aliphatic hydroxyl groups is 1. The van der Waals surface area contributed by atoms with Crippen LogP contribution < -0.4 is 11.1 Å². The molecule has 1 amide bonds. The lowest BCUT2D eigenvalue weighted by molar-refractivity contribution is -0.115. The highest BCUT2D eigenvalue weighted by molar-refractivity contribution is 7.13. The number of nitrogen functional groups attached to an aromatic ring is 1. The molecule has 152 valence electrons. The van der Waals surface area contributed by atoms with Crippen LogP contribution in [0.4, 0.5) is 10.8 Å². The number of benzene rings is 2. The molecule has 4 N–H and O–H groups in total. The number of carbonyl (C=O) groups is 1. The third-order valence-electron chi connectivity index (χ3n) is 3.28. The number of amides is 1. The Morgan fingerprint density at radius 1 is 1.38 bits per heavy atom. The Balaban J connectivity index is 2.04. The van der Waals surface area contributed by atoms with Crippen molar-refractivity contribution >= 4 is 28.1 Å². The molecule has 6 heteroatoms. The van der Waals surface area contributed by atoms with Crippen molar-refractivity contribution in [2.45, 2.75) is 45.0 Å². The van der Waals surface area contributed by atoms with E-state index < -0.39 is 109 Å². The molecule has 0 unspecified atom stereocenters. The average Bonchev–Trinajstić information content (AvgIpc) is 3.22. The van der Waals surface area contributed by atoms with E-state index in [2.05, 4.69) is 10.3 Å². The molecule has 1 aromatic heterocycles. The number of aromatic nitrogens is 1. The van der Waals surface area contributed by atoms with Gasteiger partial charge in [0.2, 0.25) is 5.91 Å². The fourth-order valence-corrected chi connectivity index (χ4v) is 2.54. The molecule has 0 radical (unpaired) electrons. The van der Waals surface area contributed by atoms with Gasteiger partial charge in [0.15, 0.2) is 5.13 Å². The summed E-state index contributed by atoms with van der Waals surface area (Å²) in [4.78, 5) is 16.4. The van der Waals surface area contributed by atoms with E-state index >= 15 is 0 Å². The van der Waals surface area contributed by atoms with Crippen LogP contribution in [0.3, 0.4) is 0 Å². The maximum Gasteiger partial charge on any atom is 0.230 e. The molecule has 29 heavy (non-hydrogen) atoms. The highest BCUT2D eigenvalue weighted by Crippen LogP contribution is 2.21. The number of anilines is 2. The summed E-state index contributed by atoms with van der Waals surface area (Å²) in [7, 11) is 0. The lowest BCUT2D eigenvalue weighted by Gasteiger charge is -2.11. The van der Waals surface area contributed by atoms with Crippen molar-refractivity contribution in [3.63, 3.8) is 0 Å². The average molecular weight is 426 g/mol. The van der Waals surface area contributed by atoms with Gasteiger partial charge in [0.25, 0.3) is 0 Å². The van der Waals surface area contributed by atoms with Crippen LogP contribution in [0, 0.1) is 6.92 Å². The lowest BCUT2D eigenvalue weighted by atomic mass is 10.00. The van der Waals surface area contributed by atoms with E-state index in [4.69, 9.17) is 27.7 Å². The quantitative estimate of drug-likeness (QED) is 0.465. The molecule has 2 aromatic carbocycles. The summed E-state index contributed by atoms with van der Waals surface area (Å²) in [5.41, 5.74) is 2.33. The van der Waals surface area contributed by atoms with Crippen LogP contribution in [0.1, 0.15) is 69.6 Å². The Bertz CT molecular complexity index is 1630. The number of hydrogen-bond donors (Lipinski definition) is 3. The van der Waals surface area contributed by atoms with Crippen molar-refractivity contribution < 1.29 is 31.8 Å². The molecular weight excluding hydrogens is 382 g/mol. The van der Waals surface area contributed by atoms with Crippen molar-refractivity contribution in [2.24, 2.45) is 0 Å². The minimum absolute atomic E-state index is 0.0171. The minimum Gasteiger partial charge on any atom is -0.388 e. The van der Waals surface area contributed by atoms with Crippen LogP contribution in [0.5, 0.6) is 0 Å². The second-order valence-corrected chi connectivity index (χ2v) is 6.41. The molecule has 0 bridgehead atoms. The van der Waals surface area contributed by atoms with E-state index in [-0.39, 0.29) is 21.7 Å². The van der Waals surface area contributed by atoms with E-state index in [1.807, 2.05) is 0 Å². The second kappa shape index (κ2) is 10.2. The van der Waals surface area contributed by atoms with Gasteiger partial charge in [-0.1, -0.05) is 48.2 Å². The lowest BCUT2D eigenvalue weighted by Crippen LogP contribution is -2.14. The normalized spacial score (nSPS) is 22.4. The van der Waals surface area contributed by atoms with Gasteiger partial charge in [-0.25, -0.2) is 4.98 Å². The summed E-state index contributed by atoms with van der Waals surface area (Å²) >= 11 is 0.796. The van der Waals surface area contributed by atoms with Gasteiger partial charge in [-0.2, -0.15) is 0 Å². The molecule has 0 aliphatic rings. The predicted molar refractivity (Wildman–Crippen MR) is 119 cm³/mol. The molecule has 1 heterocycles. The van der Waals surface area contributed by atoms with Gasteiger partial charge >= 0.3 is 0 Å². The molecule has 3 aromatic rings. The number of nitrogens with two attached hydrogens (primary N) is 1. The third-order valence-corrected chi connectivity index (χ3v) is 3.92. The molecule has 0 fully saturated rings. The number of nitrogens with one attached hydrogen (secondary N) is 1. The Labute approximate surface area is 198 Å². The standard InChI is InChI=1S/C23H27N3O2S/c1-16-5-4-7-18(13-16)21(27)8-3-2-6-17-9-11-19(12-10-17)25-22(28)14-20-15-29-23(24)26-20/h4-5,7,9-13,15,21,27H,2-3,6,8,14H2,1H3,(H2,24,26)(H,25,28)/t21-/m0/s1/i2D2,4D,5D,6D2,7D,8D2,9D,10D,11D,12D,13D,15D,21D. The number of thiazole rings is 1. The number of hydrogen-bond acceptors (Lipinski definition) is 5. The molecule has 5 nitrogen and oxygen atoms in total. The number of carbonyl (C=O) groups excluding carboxylic acids is 1. The topological polar surface area (TPSA) is 88.2 Å². The van der Waals surface area contributed by atoms with Crippen LogP contribution in [0.15, 0.2) is 53.7 Å². The molecule has 3 rings (SSSR count). The first-order valence-electron chi connectivity index (χ1n) is 16.2. The van der Waals surface area contributed by atoms with Crippen LogP contribution >= 0.6 is 11.3 Å². The van der Waals surface area contributed by atoms with E-state index in [1.165, 1.54) is 6.92 Å². The Morgan fingerprint density at radius 3 is 2.90 bits per heavy atom. The molecule has 0 saturated heterocycles. The summed E-state index contributed by atoms with van der Waals surface area (Å²) in [6.45, 7) is 1.17. The van der Waals surface area contributed by atoms with Crippen molar-refractivity contribution in [3.8, 4) is 0 Å². The van der Waals surface area contributed by atoms with Crippen LogP contribution in [-0.2, 0) is 17.6 Å².